The molecule has 0 atom stereocenters. The van der Waals surface area contributed by atoms with E-state index in [0.717, 1.165) is 44.6 Å². The van der Waals surface area contributed by atoms with Crippen LogP contribution >= 0.6 is 0 Å². The summed E-state index contributed by atoms with van der Waals surface area (Å²) >= 11 is 0. The number of amides is 1. The maximum Gasteiger partial charge on any atom is 0.230 e. The zero-order valence-electron chi connectivity index (χ0n) is 12.6. The fourth-order valence-corrected chi connectivity index (χ4v) is 3.27. The van der Waals surface area contributed by atoms with Crippen molar-refractivity contribution in [3.8, 4) is 0 Å². The third-order valence-corrected chi connectivity index (χ3v) is 4.33. The highest BCUT2D eigenvalue weighted by atomic mass is 16.2. The summed E-state index contributed by atoms with van der Waals surface area (Å²) < 4.78 is 2.12. The number of aromatic nitrogens is 2. The molecule has 0 spiro atoms. The van der Waals surface area contributed by atoms with Gasteiger partial charge in [-0.2, -0.15) is 0 Å². The van der Waals surface area contributed by atoms with Crippen molar-refractivity contribution in [3.63, 3.8) is 0 Å². The molecule has 0 bridgehead atoms. The number of hydrogen-bond acceptors (Lipinski definition) is 3. The van der Waals surface area contributed by atoms with Crippen molar-refractivity contribution in [2.45, 2.75) is 52.6 Å². The summed E-state index contributed by atoms with van der Waals surface area (Å²) in [5, 5.41) is 0. The molecule has 1 aliphatic rings. The maximum atomic E-state index is 13.0. The molecule has 5 heteroatoms. The number of carbonyl (C=O) groups excluding carboxylic acids is 1. The van der Waals surface area contributed by atoms with Gasteiger partial charge in [0.2, 0.25) is 5.91 Å². The van der Waals surface area contributed by atoms with E-state index < -0.39 is 0 Å². The predicted octanol–water partition coefficient (Wildman–Crippen LogP) is 1.77. The number of fused-ring (bicyclic) bond motifs is 1. The minimum absolute atomic E-state index is 0.220. The summed E-state index contributed by atoms with van der Waals surface area (Å²) in [6.45, 7) is 6.89. The standard InChI is InChI=1S/C15H26N4O/c1-3-5-15(12-16,6-4-2)14(20)19-10-9-18-8-7-17-13(18)11-19/h7-8H,3-6,9-12,16H2,1-2H3. The molecule has 0 fully saturated rings. The second-order valence-corrected chi connectivity index (χ2v) is 5.75. The molecule has 1 aliphatic heterocycles. The van der Waals surface area contributed by atoms with Crippen LogP contribution in [-0.4, -0.2) is 33.4 Å². The van der Waals surface area contributed by atoms with Crippen LogP contribution in [0.25, 0.3) is 0 Å². The molecular weight excluding hydrogens is 252 g/mol. The van der Waals surface area contributed by atoms with Crippen LogP contribution in [0.2, 0.25) is 0 Å². The number of rotatable bonds is 6. The predicted molar refractivity (Wildman–Crippen MR) is 78.9 cm³/mol. The molecule has 1 aromatic heterocycles. The first-order valence-electron chi connectivity index (χ1n) is 7.66. The SMILES string of the molecule is CCCC(CN)(CCC)C(=O)N1CCn2ccnc2C1. The zero-order chi connectivity index (χ0) is 14.6. The Morgan fingerprint density at radius 2 is 2.05 bits per heavy atom. The first-order chi connectivity index (χ1) is 9.66. The van der Waals surface area contributed by atoms with Crippen LogP contribution in [0, 0.1) is 5.41 Å². The van der Waals surface area contributed by atoms with E-state index in [0.29, 0.717) is 13.1 Å². The highest BCUT2D eigenvalue weighted by Gasteiger charge is 2.39. The number of imidazole rings is 1. The normalized spacial score (nSPS) is 15.2. The first kappa shape index (κ1) is 15.0. The van der Waals surface area contributed by atoms with E-state index in [-0.39, 0.29) is 11.3 Å². The molecule has 20 heavy (non-hydrogen) atoms. The summed E-state index contributed by atoms with van der Waals surface area (Å²) in [4.78, 5) is 19.2. The van der Waals surface area contributed by atoms with Gasteiger partial charge in [-0.3, -0.25) is 4.79 Å². The third-order valence-electron chi connectivity index (χ3n) is 4.33. The van der Waals surface area contributed by atoms with E-state index in [1.807, 2.05) is 11.1 Å². The zero-order valence-corrected chi connectivity index (χ0v) is 12.6. The van der Waals surface area contributed by atoms with E-state index >= 15 is 0 Å². The molecule has 0 radical (unpaired) electrons. The minimum Gasteiger partial charge on any atom is -0.333 e. The van der Waals surface area contributed by atoms with Gasteiger partial charge in [-0.1, -0.05) is 26.7 Å². The average molecular weight is 278 g/mol. The van der Waals surface area contributed by atoms with Crippen LogP contribution in [0.5, 0.6) is 0 Å². The number of carbonyl (C=O) groups is 1. The van der Waals surface area contributed by atoms with Crippen LogP contribution in [0.4, 0.5) is 0 Å². The maximum absolute atomic E-state index is 13.0. The second-order valence-electron chi connectivity index (χ2n) is 5.75. The van der Waals surface area contributed by atoms with Crippen molar-refractivity contribution in [1.82, 2.24) is 14.5 Å². The number of nitrogens with two attached hydrogens (primary N) is 1. The number of hydrogen-bond donors (Lipinski definition) is 1. The van der Waals surface area contributed by atoms with Crippen molar-refractivity contribution in [2.75, 3.05) is 13.1 Å². The van der Waals surface area contributed by atoms with Gasteiger partial charge < -0.3 is 15.2 Å². The van der Waals surface area contributed by atoms with E-state index in [1.165, 1.54) is 0 Å². The van der Waals surface area contributed by atoms with Crippen molar-refractivity contribution < 1.29 is 4.79 Å². The van der Waals surface area contributed by atoms with Crippen molar-refractivity contribution in [3.05, 3.63) is 18.2 Å². The Labute approximate surface area is 121 Å². The lowest BCUT2D eigenvalue weighted by Crippen LogP contribution is -2.50. The van der Waals surface area contributed by atoms with Crippen LogP contribution in [0.1, 0.15) is 45.4 Å². The molecule has 0 aromatic carbocycles. The summed E-state index contributed by atoms with van der Waals surface area (Å²) in [7, 11) is 0. The first-order valence-corrected chi connectivity index (χ1v) is 7.66. The van der Waals surface area contributed by atoms with Crippen LogP contribution in [0.3, 0.4) is 0 Å². The Kier molecular flexibility index (Phi) is 4.81. The molecule has 2 N–H and O–H groups in total. The van der Waals surface area contributed by atoms with Crippen LogP contribution in [0.15, 0.2) is 12.4 Å². The van der Waals surface area contributed by atoms with Gasteiger partial charge in [-0.25, -0.2) is 4.98 Å². The Balaban J connectivity index is 2.16. The van der Waals surface area contributed by atoms with E-state index in [9.17, 15) is 4.79 Å². The number of nitrogens with zero attached hydrogens (tertiary/aromatic N) is 3. The van der Waals surface area contributed by atoms with Crippen molar-refractivity contribution in [2.24, 2.45) is 11.1 Å². The van der Waals surface area contributed by atoms with E-state index in [1.54, 1.807) is 6.20 Å². The van der Waals surface area contributed by atoms with Gasteiger partial charge in [0.15, 0.2) is 0 Å². The lowest BCUT2D eigenvalue weighted by molar-refractivity contribution is -0.144. The molecule has 0 saturated carbocycles. The molecular formula is C15H26N4O. The second kappa shape index (κ2) is 6.39. The van der Waals surface area contributed by atoms with Gasteiger partial charge in [-0.05, 0) is 12.8 Å². The Bertz CT molecular complexity index is 448. The average Bonchev–Trinajstić information content (AvgIpc) is 2.93. The summed E-state index contributed by atoms with van der Waals surface area (Å²) in [6, 6.07) is 0. The van der Waals surface area contributed by atoms with Gasteiger partial charge >= 0.3 is 0 Å². The molecule has 5 nitrogen and oxygen atoms in total. The van der Waals surface area contributed by atoms with Gasteiger partial charge in [0.1, 0.15) is 5.82 Å². The van der Waals surface area contributed by atoms with E-state index in [2.05, 4.69) is 23.4 Å². The monoisotopic (exact) mass is 278 g/mol. The van der Waals surface area contributed by atoms with Gasteiger partial charge in [0.25, 0.3) is 0 Å². The molecule has 0 saturated heterocycles. The molecule has 0 aliphatic carbocycles. The van der Waals surface area contributed by atoms with Gasteiger partial charge in [-0.15, -0.1) is 0 Å². The van der Waals surface area contributed by atoms with Crippen molar-refractivity contribution in [1.29, 1.82) is 0 Å². The molecule has 1 amide bonds. The van der Waals surface area contributed by atoms with E-state index in [4.69, 9.17) is 5.73 Å². The molecule has 0 unspecified atom stereocenters. The largest absolute Gasteiger partial charge is 0.333 e. The smallest absolute Gasteiger partial charge is 0.230 e. The highest BCUT2D eigenvalue weighted by molar-refractivity contribution is 5.83. The van der Waals surface area contributed by atoms with Gasteiger partial charge in [0.05, 0.1) is 12.0 Å². The summed E-state index contributed by atoms with van der Waals surface area (Å²) in [5.41, 5.74) is 5.62. The quantitative estimate of drug-likeness (QED) is 0.862. The van der Waals surface area contributed by atoms with Crippen LogP contribution in [-0.2, 0) is 17.9 Å². The lowest BCUT2D eigenvalue weighted by atomic mass is 9.77. The highest BCUT2D eigenvalue weighted by Crippen LogP contribution is 2.32. The van der Waals surface area contributed by atoms with Gasteiger partial charge in [0, 0.05) is 32.0 Å². The van der Waals surface area contributed by atoms with Crippen molar-refractivity contribution >= 4 is 5.91 Å². The minimum atomic E-state index is -0.377. The fourth-order valence-electron chi connectivity index (χ4n) is 3.27. The molecule has 1 aromatic rings. The Morgan fingerprint density at radius 1 is 1.35 bits per heavy atom. The Morgan fingerprint density at radius 3 is 2.65 bits per heavy atom. The molecule has 112 valence electrons. The van der Waals surface area contributed by atoms with Crippen LogP contribution < -0.4 is 5.73 Å². The lowest BCUT2D eigenvalue weighted by Gasteiger charge is -2.38. The Hall–Kier alpha value is -1.36. The fraction of sp³-hybridized carbons (Fsp3) is 0.733. The summed E-state index contributed by atoms with van der Waals surface area (Å²) in [5.74, 6) is 1.20. The molecule has 2 heterocycles. The molecule has 2 rings (SSSR count). The topological polar surface area (TPSA) is 64.2 Å². The summed E-state index contributed by atoms with van der Waals surface area (Å²) in [6.07, 6.45) is 7.52. The third kappa shape index (κ3) is 2.73.